The standard InChI is InChI=1S/C85H100N8O4/c1-77(2,3)48-36-46(37-49(40-48)78(4,5)6)67-59-28-32-63(86-59)71(69-55(90-73(94)52-42-81(52,13)14)24-22-25-56(69)91-74(95)53-43-82(53,15)16)64-33-29-60(87-64)68(47-38-50(79(7,8)9)41-51(39-47)80(10,11)12)62-31-35-66(89-62)72(65-34-30-61(67)88-65)70-57(92-75(96)54-44-83(54,17)18)26-23-27-58(70)93-76(97)85(21)45-84(85,19)20/h22-41,52-54,86,89H,42-45H2,1-21H3,(H,90,94)(H,91,95)(H,92,96)(H,93,97)/t52-,53-,54-,85-/m1/s1. The Kier molecular flexibility index (Phi) is 15.5. The number of carbonyl (C=O) groups excluding carboxylic acids is 4. The third-order valence-electron chi connectivity index (χ3n) is 22.5. The summed E-state index contributed by atoms with van der Waals surface area (Å²) in [4.78, 5) is 78.6. The van der Waals surface area contributed by atoms with E-state index in [4.69, 9.17) is 9.97 Å². The van der Waals surface area contributed by atoms with E-state index in [0.29, 0.717) is 78.8 Å². The van der Waals surface area contributed by atoms with Crippen molar-refractivity contribution < 1.29 is 19.2 Å². The highest BCUT2D eigenvalue weighted by Crippen LogP contribution is 2.64. The highest BCUT2D eigenvalue weighted by atomic mass is 16.2. The van der Waals surface area contributed by atoms with E-state index in [-0.39, 0.29) is 84.7 Å². The van der Waals surface area contributed by atoms with Gasteiger partial charge in [-0.25, -0.2) is 9.97 Å². The molecule has 7 aromatic rings. The maximum absolute atomic E-state index is 14.9. The Balaban J connectivity index is 1.20. The van der Waals surface area contributed by atoms with Gasteiger partial charge in [-0.3, -0.25) is 19.2 Å². The number of rotatable bonds is 12. The fourth-order valence-corrected chi connectivity index (χ4v) is 14.6. The zero-order valence-corrected chi connectivity index (χ0v) is 61.1. The van der Waals surface area contributed by atoms with E-state index < -0.39 is 5.41 Å². The van der Waals surface area contributed by atoms with Crippen LogP contribution in [0.1, 0.15) is 216 Å². The van der Waals surface area contributed by atoms with Gasteiger partial charge in [0.25, 0.3) is 0 Å². The van der Waals surface area contributed by atoms with E-state index in [0.717, 1.165) is 81.2 Å². The third kappa shape index (κ3) is 12.5. The Morgan fingerprint density at radius 2 is 0.639 bits per heavy atom. The molecule has 0 radical (unpaired) electrons. The van der Waals surface area contributed by atoms with Crippen molar-refractivity contribution in [1.29, 1.82) is 0 Å². The molecule has 4 aromatic carbocycles. The zero-order valence-electron chi connectivity index (χ0n) is 61.1. The number of anilines is 4. The number of aromatic amines is 2. The van der Waals surface area contributed by atoms with Crippen LogP contribution in [0.5, 0.6) is 0 Å². The number of nitrogens with zero attached hydrogens (tertiary/aromatic N) is 2. The molecule has 6 aliphatic rings. The lowest BCUT2D eigenvalue weighted by atomic mass is 9.78. The van der Waals surface area contributed by atoms with Crippen LogP contribution in [0.15, 0.2) is 97.1 Å². The molecule has 2 aliphatic heterocycles. The summed E-state index contributed by atoms with van der Waals surface area (Å²) in [5.74, 6) is -0.901. The molecule has 4 fully saturated rings. The van der Waals surface area contributed by atoms with Crippen LogP contribution >= 0.6 is 0 Å². The number of hydrogen-bond acceptors (Lipinski definition) is 6. The van der Waals surface area contributed by atoms with Crippen LogP contribution in [-0.4, -0.2) is 43.6 Å². The normalized spacial score (nSPS) is 20.8. The first-order valence-corrected chi connectivity index (χ1v) is 35.0. The summed E-state index contributed by atoms with van der Waals surface area (Å²) >= 11 is 0. The molecular formula is C85H100N8O4. The van der Waals surface area contributed by atoms with Crippen LogP contribution in [0.2, 0.25) is 0 Å². The fourth-order valence-electron chi connectivity index (χ4n) is 14.6. The quantitative estimate of drug-likeness (QED) is 0.0710. The summed E-state index contributed by atoms with van der Waals surface area (Å²) < 4.78 is 0. The van der Waals surface area contributed by atoms with E-state index in [1.54, 1.807) is 0 Å². The highest BCUT2D eigenvalue weighted by molar-refractivity contribution is 6.12. The van der Waals surface area contributed by atoms with Gasteiger partial charge in [-0.05, 0) is 175 Å². The molecule has 12 heteroatoms. The molecule has 504 valence electrons. The minimum Gasteiger partial charge on any atom is -0.354 e. The van der Waals surface area contributed by atoms with Crippen molar-refractivity contribution in [1.82, 2.24) is 19.9 Å². The number of hydrogen-bond donors (Lipinski definition) is 6. The predicted octanol–water partition coefficient (Wildman–Crippen LogP) is 20.8. The van der Waals surface area contributed by atoms with Crippen molar-refractivity contribution in [2.24, 2.45) is 44.8 Å². The van der Waals surface area contributed by atoms with Crippen LogP contribution in [0.25, 0.3) is 90.9 Å². The summed E-state index contributed by atoms with van der Waals surface area (Å²) in [6, 6.07) is 33.8. The first-order chi connectivity index (χ1) is 45.0. The molecule has 4 aliphatic carbocycles. The molecule has 97 heavy (non-hydrogen) atoms. The largest absolute Gasteiger partial charge is 0.354 e. The number of nitrogens with one attached hydrogen (secondary N) is 6. The second-order valence-corrected chi connectivity index (χ2v) is 36.1. The Morgan fingerprint density at radius 3 is 0.897 bits per heavy atom. The molecule has 0 saturated heterocycles. The number of H-pyrrole nitrogens is 2. The zero-order chi connectivity index (χ0) is 70.0. The summed E-state index contributed by atoms with van der Waals surface area (Å²) in [7, 11) is 0. The van der Waals surface area contributed by atoms with Crippen LogP contribution in [0, 0.1) is 44.8 Å². The van der Waals surface area contributed by atoms with E-state index in [1.165, 1.54) is 0 Å². The van der Waals surface area contributed by atoms with Gasteiger partial charge < -0.3 is 31.2 Å². The first-order valence-electron chi connectivity index (χ1n) is 35.0. The molecule has 12 nitrogen and oxygen atoms in total. The molecule has 4 saturated carbocycles. The molecule has 3 aromatic heterocycles. The van der Waals surface area contributed by atoms with Gasteiger partial charge in [0.15, 0.2) is 0 Å². The Labute approximate surface area is 574 Å². The molecule has 13 rings (SSSR count). The minimum absolute atomic E-state index is 0.0764. The smallest absolute Gasteiger partial charge is 0.230 e. The van der Waals surface area contributed by atoms with Gasteiger partial charge >= 0.3 is 0 Å². The van der Waals surface area contributed by atoms with Crippen molar-refractivity contribution >= 4 is 92.7 Å². The average Bonchev–Trinajstić information content (AvgIpc) is 1.57. The van der Waals surface area contributed by atoms with Gasteiger partial charge in [0.2, 0.25) is 23.6 Å². The number of carbonyl (C=O) groups is 4. The number of benzene rings is 4. The van der Waals surface area contributed by atoms with Gasteiger partial charge in [-0.1, -0.05) is 194 Å². The number of fused-ring (bicyclic) bond motifs is 8. The SMILES string of the molecule is CC(C)(C)c1cc(-c2c3nc(c(-c4c(NC(=O)[C@H]5CC5(C)C)cccc4NC(=O)[C@@]4(C)CC4(C)C)c4ccc([nH]4)c(-c4cc(C(C)(C)C)cc(C(C)(C)C)c4)c4nc(c(-c5c(NC(=O)[C@H]6CC6(C)C)cccc5NC(=O)[C@H]5CC5(C)C)c5ccc2[nH]5)C=C4)C=C3)cc(C(C)(C)C)c1. The summed E-state index contributed by atoms with van der Waals surface area (Å²) in [5, 5.41) is 13.7. The summed E-state index contributed by atoms with van der Waals surface area (Å²) in [5.41, 5.74) is 16.3. The van der Waals surface area contributed by atoms with Crippen molar-refractivity contribution in [3.63, 3.8) is 0 Å². The Hall–Kier alpha value is -8.64. The topological polar surface area (TPSA) is 174 Å². The lowest BCUT2D eigenvalue weighted by molar-refractivity contribution is -0.121. The second kappa shape index (κ2) is 22.4. The molecular weight excluding hydrogens is 1200 g/mol. The lowest BCUT2D eigenvalue weighted by Crippen LogP contribution is -2.26. The van der Waals surface area contributed by atoms with Crippen molar-refractivity contribution in [3.8, 4) is 44.5 Å². The maximum atomic E-state index is 14.9. The molecule has 8 bridgehead atoms. The molecule has 0 spiro atoms. The van der Waals surface area contributed by atoms with E-state index in [1.807, 2.05) is 43.3 Å². The van der Waals surface area contributed by atoms with Crippen LogP contribution in [-0.2, 0) is 40.8 Å². The Bertz CT molecular complexity index is 4570. The van der Waals surface area contributed by atoms with Crippen LogP contribution < -0.4 is 21.3 Å². The third-order valence-corrected chi connectivity index (χ3v) is 22.5. The second-order valence-electron chi connectivity index (χ2n) is 36.1. The number of amides is 4. The Morgan fingerprint density at radius 1 is 0.381 bits per heavy atom. The van der Waals surface area contributed by atoms with Crippen molar-refractivity contribution in [2.45, 2.75) is 193 Å². The first kappa shape index (κ1) is 67.0. The average molecular weight is 1300 g/mol. The summed E-state index contributed by atoms with van der Waals surface area (Å²) in [6.45, 7) is 46.1. The summed E-state index contributed by atoms with van der Waals surface area (Å²) in [6.07, 6.45) is 11.3. The molecule has 6 N–H and O–H groups in total. The van der Waals surface area contributed by atoms with Crippen LogP contribution in [0.4, 0.5) is 22.7 Å². The highest BCUT2D eigenvalue weighted by Gasteiger charge is 2.62. The van der Waals surface area contributed by atoms with Gasteiger partial charge in [0.05, 0.1) is 50.9 Å². The molecule has 5 heterocycles. The van der Waals surface area contributed by atoms with E-state index >= 15 is 0 Å². The monoisotopic (exact) mass is 1300 g/mol. The predicted molar refractivity (Wildman–Crippen MR) is 402 cm³/mol. The fraction of sp³-hybridized carbons (Fsp3) is 0.435. The van der Waals surface area contributed by atoms with Gasteiger partial charge in [0.1, 0.15) is 0 Å². The number of aromatic nitrogens is 4. The molecule has 0 unspecified atom stereocenters. The molecule has 4 amide bonds. The van der Waals surface area contributed by atoms with Crippen molar-refractivity contribution in [2.75, 3.05) is 21.3 Å². The van der Waals surface area contributed by atoms with Gasteiger partial charge in [-0.2, -0.15) is 0 Å². The van der Waals surface area contributed by atoms with Crippen molar-refractivity contribution in [3.05, 3.63) is 142 Å². The van der Waals surface area contributed by atoms with Crippen LogP contribution in [0.3, 0.4) is 0 Å². The van der Waals surface area contributed by atoms with Gasteiger partial charge in [-0.15, -0.1) is 0 Å². The maximum Gasteiger partial charge on any atom is 0.230 e. The lowest BCUT2D eigenvalue weighted by Gasteiger charge is -2.26. The van der Waals surface area contributed by atoms with Gasteiger partial charge in [0, 0.05) is 73.2 Å². The molecule has 4 atom stereocenters. The van der Waals surface area contributed by atoms with E-state index in [9.17, 15) is 19.2 Å². The van der Waals surface area contributed by atoms with E-state index in [2.05, 4.69) is 255 Å². The minimum atomic E-state index is -0.628.